The molecule has 0 heterocycles. The van der Waals surface area contributed by atoms with Gasteiger partial charge in [-0.05, 0) is 25.7 Å². The van der Waals surface area contributed by atoms with E-state index < -0.39 is 36.0 Å². The van der Waals surface area contributed by atoms with Gasteiger partial charge in [-0.2, -0.15) is 0 Å². The molecule has 0 aromatic heterocycles. The van der Waals surface area contributed by atoms with Crippen molar-refractivity contribution in [1.29, 1.82) is 0 Å². The summed E-state index contributed by atoms with van der Waals surface area (Å²) < 4.78 is 0. The molecule has 116 valence electrons. The minimum atomic E-state index is -1.44. The van der Waals surface area contributed by atoms with Crippen LogP contribution in [0.15, 0.2) is 0 Å². The van der Waals surface area contributed by atoms with E-state index in [0.29, 0.717) is 0 Å². The molecule has 0 fully saturated rings. The van der Waals surface area contributed by atoms with Gasteiger partial charge in [0.25, 0.3) is 0 Å². The van der Waals surface area contributed by atoms with Gasteiger partial charge in [0.15, 0.2) is 0 Å². The van der Waals surface area contributed by atoms with Gasteiger partial charge >= 0.3 is 42.5 Å². The molecule has 0 amide bonds. The Balaban J connectivity index is -0.000000135. The Morgan fingerprint density at radius 1 is 0.727 bits per heavy atom. The Hall–Kier alpha value is -0.810. The number of carboxylic acid groups (broad SMARTS) is 4. The molecule has 0 aliphatic heterocycles. The first-order valence-electron chi connectivity index (χ1n) is 5.40. The van der Waals surface area contributed by atoms with Gasteiger partial charge in [-0.25, -0.2) is 0 Å². The van der Waals surface area contributed by atoms with Gasteiger partial charge in [0.1, 0.15) is 0 Å². The maximum absolute atomic E-state index is 9.86. The Bertz CT molecular complexity index is 335. The minimum Gasteiger partial charge on any atom is -0.550 e. The molecular weight excluding hydrogens is 366 g/mol. The standard InChI is InChI=1S/2C5H9NO4.Mg.Zn/c2*6-3(5(9)10)1-2-4(7)8;;/h2*3H,1-2,6H2,(H,7,8)(H,9,10);;/q;;2*+2/p-4/t2*3-;;/m00../s1. The fraction of sp³-hybridized carbons (Fsp3) is 0.600. The Kier molecular flexibility index (Phi) is 22.0. The summed E-state index contributed by atoms with van der Waals surface area (Å²) in [6.07, 6.45) is -1.00. The molecule has 2 atom stereocenters. The molecule has 0 aromatic carbocycles. The van der Waals surface area contributed by atoms with Gasteiger partial charge in [-0.3, -0.25) is 0 Å². The minimum absolute atomic E-state index is 0. The quantitative estimate of drug-likeness (QED) is 0.380. The largest absolute Gasteiger partial charge is 2.00 e. The van der Waals surface area contributed by atoms with Crippen LogP contribution in [0.3, 0.4) is 0 Å². The molecule has 0 aliphatic rings. The molecule has 0 rings (SSSR count). The van der Waals surface area contributed by atoms with Crippen molar-refractivity contribution in [2.75, 3.05) is 0 Å². The van der Waals surface area contributed by atoms with Crippen molar-refractivity contribution in [1.82, 2.24) is 0 Å². The molecule has 0 aromatic rings. The zero-order valence-electron chi connectivity index (χ0n) is 11.8. The summed E-state index contributed by atoms with van der Waals surface area (Å²) in [4.78, 5) is 39.2. The van der Waals surface area contributed by atoms with Crippen LogP contribution in [0.4, 0.5) is 0 Å². The van der Waals surface area contributed by atoms with E-state index in [0.717, 1.165) is 0 Å². The molecule has 4 N–H and O–H groups in total. The van der Waals surface area contributed by atoms with Crippen LogP contribution in [0.1, 0.15) is 25.7 Å². The first kappa shape index (κ1) is 29.2. The summed E-state index contributed by atoms with van der Waals surface area (Å²) in [5.74, 6) is -5.50. The fourth-order valence-electron chi connectivity index (χ4n) is 0.782. The van der Waals surface area contributed by atoms with E-state index in [1.165, 1.54) is 0 Å². The Morgan fingerprint density at radius 2 is 0.955 bits per heavy atom. The van der Waals surface area contributed by atoms with Gasteiger partial charge in [0, 0.05) is 24.0 Å². The predicted octanol–water partition coefficient (Wildman–Crippen LogP) is -7.20. The van der Waals surface area contributed by atoms with Gasteiger partial charge < -0.3 is 51.1 Å². The topological polar surface area (TPSA) is 213 Å². The zero-order chi connectivity index (χ0) is 16.3. The second kappa shape index (κ2) is 16.6. The van der Waals surface area contributed by atoms with Crippen LogP contribution in [0.25, 0.3) is 0 Å². The Morgan fingerprint density at radius 3 is 1.09 bits per heavy atom. The van der Waals surface area contributed by atoms with Crippen LogP contribution in [0.2, 0.25) is 0 Å². The third-order valence-corrected chi connectivity index (χ3v) is 1.92. The summed E-state index contributed by atoms with van der Waals surface area (Å²) in [6, 6.07) is -2.42. The zero-order valence-corrected chi connectivity index (χ0v) is 16.2. The van der Waals surface area contributed by atoms with Crippen LogP contribution in [-0.2, 0) is 38.7 Å². The second-order valence-electron chi connectivity index (χ2n) is 3.67. The van der Waals surface area contributed by atoms with Gasteiger partial charge in [-0.15, -0.1) is 0 Å². The van der Waals surface area contributed by atoms with Crippen LogP contribution >= 0.6 is 0 Å². The summed E-state index contributed by atoms with van der Waals surface area (Å²) in [5.41, 5.74) is 9.82. The number of hydrogen-bond acceptors (Lipinski definition) is 10. The van der Waals surface area contributed by atoms with Crippen LogP contribution in [-0.4, -0.2) is 59.0 Å². The summed E-state index contributed by atoms with van der Waals surface area (Å²) in [6.45, 7) is 0. The van der Waals surface area contributed by atoms with Crippen molar-refractivity contribution in [3.63, 3.8) is 0 Å². The number of carbonyl (C=O) groups excluding carboxylic acids is 4. The van der Waals surface area contributed by atoms with Crippen molar-refractivity contribution in [2.24, 2.45) is 11.5 Å². The molecule has 0 saturated heterocycles. The number of rotatable bonds is 8. The molecular formula is C10H14MgN2O8Zn. The smallest absolute Gasteiger partial charge is 0.550 e. The molecule has 0 radical (unpaired) electrons. The van der Waals surface area contributed by atoms with E-state index in [9.17, 15) is 39.6 Å². The van der Waals surface area contributed by atoms with Crippen LogP contribution in [0, 0.1) is 0 Å². The maximum Gasteiger partial charge on any atom is 2.00 e. The summed E-state index contributed by atoms with van der Waals surface area (Å²) in [5, 5.41) is 39.2. The first-order valence-corrected chi connectivity index (χ1v) is 5.40. The van der Waals surface area contributed by atoms with E-state index >= 15 is 0 Å². The van der Waals surface area contributed by atoms with E-state index in [1.54, 1.807) is 0 Å². The molecule has 0 unspecified atom stereocenters. The summed E-state index contributed by atoms with van der Waals surface area (Å²) >= 11 is 0. The number of nitrogens with two attached hydrogens (primary N) is 2. The first-order chi connectivity index (χ1) is 9.07. The third kappa shape index (κ3) is 21.5. The van der Waals surface area contributed by atoms with Crippen molar-refractivity contribution in [2.45, 2.75) is 37.8 Å². The molecule has 10 nitrogen and oxygen atoms in total. The van der Waals surface area contributed by atoms with E-state index in [1.807, 2.05) is 0 Å². The van der Waals surface area contributed by atoms with Gasteiger partial charge in [0.05, 0.1) is 11.9 Å². The van der Waals surface area contributed by atoms with Gasteiger partial charge in [-0.1, -0.05) is 0 Å². The second-order valence-corrected chi connectivity index (χ2v) is 3.67. The van der Waals surface area contributed by atoms with E-state index in [2.05, 4.69) is 0 Å². The molecule has 12 heteroatoms. The average Bonchev–Trinajstić information content (AvgIpc) is 2.33. The van der Waals surface area contributed by atoms with Crippen molar-refractivity contribution in [3.05, 3.63) is 0 Å². The molecule has 0 spiro atoms. The van der Waals surface area contributed by atoms with E-state index in [4.69, 9.17) is 11.5 Å². The fourth-order valence-corrected chi connectivity index (χ4v) is 0.782. The van der Waals surface area contributed by atoms with Crippen molar-refractivity contribution >= 4 is 46.9 Å². The monoisotopic (exact) mass is 378 g/mol. The number of carbonyl (C=O) groups is 4. The predicted molar refractivity (Wildman–Crippen MR) is 60.2 cm³/mol. The summed E-state index contributed by atoms with van der Waals surface area (Å²) in [7, 11) is 0. The maximum atomic E-state index is 9.86. The normalized spacial score (nSPS) is 11.4. The average molecular weight is 380 g/mol. The Labute approximate surface area is 155 Å². The molecule has 22 heavy (non-hydrogen) atoms. The van der Waals surface area contributed by atoms with Crippen LogP contribution < -0.4 is 31.9 Å². The molecule has 0 aliphatic carbocycles. The van der Waals surface area contributed by atoms with Crippen molar-refractivity contribution in [3.8, 4) is 0 Å². The van der Waals surface area contributed by atoms with Crippen molar-refractivity contribution < 1.29 is 59.1 Å². The number of carboxylic acids is 4. The molecule has 0 bridgehead atoms. The third-order valence-electron chi connectivity index (χ3n) is 1.92. The van der Waals surface area contributed by atoms with E-state index in [-0.39, 0.29) is 68.2 Å². The SMILES string of the molecule is N[C@@H](CCC(=O)[O-])C(=O)[O-].N[C@@H](CCC(=O)[O-])C(=O)[O-].[Mg+2].[Zn+2]. The number of hydrogen-bond donors (Lipinski definition) is 2. The van der Waals surface area contributed by atoms with Crippen LogP contribution in [0.5, 0.6) is 0 Å². The molecule has 0 saturated carbocycles. The van der Waals surface area contributed by atoms with Gasteiger partial charge in [0.2, 0.25) is 0 Å². The number of aliphatic carboxylic acids is 4.